The van der Waals surface area contributed by atoms with Crippen LogP contribution < -0.4 is 10.2 Å². The molecule has 7 heteroatoms. The van der Waals surface area contributed by atoms with Gasteiger partial charge in [-0.25, -0.2) is 0 Å². The summed E-state index contributed by atoms with van der Waals surface area (Å²) in [6.45, 7) is 4.76. The lowest BCUT2D eigenvalue weighted by Gasteiger charge is -2.16. The largest absolute Gasteiger partial charge is 0.312 e. The Labute approximate surface area is 157 Å². The van der Waals surface area contributed by atoms with Crippen molar-refractivity contribution in [3.8, 4) is 0 Å². The Morgan fingerprint density at radius 2 is 2.04 bits per heavy atom. The molecule has 1 atom stereocenters. The van der Waals surface area contributed by atoms with Crippen molar-refractivity contribution < 1.29 is 9.59 Å². The van der Waals surface area contributed by atoms with Crippen molar-refractivity contribution in [1.82, 2.24) is 10.2 Å². The van der Waals surface area contributed by atoms with E-state index in [4.69, 9.17) is 0 Å². The van der Waals surface area contributed by atoms with Gasteiger partial charge in [-0.05, 0) is 30.5 Å². The van der Waals surface area contributed by atoms with Crippen LogP contribution in [0.15, 0.2) is 24.3 Å². The molecule has 0 aliphatic carbocycles. The molecule has 0 spiro atoms. The van der Waals surface area contributed by atoms with E-state index in [0.29, 0.717) is 24.5 Å². The number of carbonyl (C=O) groups excluding carboxylic acids is 2. The molecule has 6 nitrogen and oxygen atoms in total. The number of aryl methyl sites for hydroxylation is 1. The second-order valence-corrected chi connectivity index (χ2v) is 7.53. The van der Waals surface area contributed by atoms with Crippen molar-refractivity contribution in [1.29, 1.82) is 0 Å². The van der Waals surface area contributed by atoms with E-state index in [0.717, 1.165) is 30.0 Å². The zero-order valence-electron chi connectivity index (χ0n) is 15.2. The lowest BCUT2D eigenvalue weighted by Crippen LogP contribution is -2.24. The summed E-state index contributed by atoms with van der Waals surface area (Å²) in [4.78, 5) is 26.0. The molecule has 2 heterocycles. The van der Waals surface area contributed by atoms with Gasteiger partial charge >= 0.3 is 0 Å². The van der Waals surface area contributed by atoms with Crippen LogP contribution in [0.2, 0.25) is 0 Å². The van der Waals surface area contributed by atoms with Crippen LogP contribution in [-0.4, -0.2) is 28.6 Å². The van der Waals surface area contributed by atoms with Gasteiger partial charge in [0.15, 0.2) is 0 Å². The molecule has 2 aromatic rings. The molecule has 1 aliphatic heterocycles. The maximum absolute atomic E-state index is 12.4. The summed E-state index contributed by atoms with van der Waals surface area (Å²) in [7, 11) is 0. The van der Waals surface area contributed by atoms with Crippen molar-refractivity contribution in [2.75, 3.05) is 16.8 Å². The lowest BCUT2D eigenvalue weighted by molar-refractivity contribution is -0.117. The first-order valence-electron chi connectivity index (χ1n) is 9.13. The van der Waals surface area contributed by atoms with Gasteiger partial charge in [-0.3, -0.25) is 9.59 Å². The van der Waals surface area contributed by atoms with Crippen molar-refractivity contribution in [2.24, 2.45) is 0 Å². The molecule has 0 saturated carbocycles. The van der Waals surface area contributed by atoms with Gasteiger partial charge in [0, 0.05) is 31.0 Å². The van der Waals surface area contributed by atoms with Gasteiger partial charge in [0.05, 0.1) is 0 Å². The number of aromatic nitrogens is 2. The van der Waals surface area contributed by atoms with Crippen molar-refractivity contribution in [3.05, 3.63) is 34.8 Å². The molecule has 1 aromatic carbocycles. The maximum atomic E-state index is 12.4. The number of nitrogens with one attached hydrogen (secondary N) is 1. The predicted octanol–water partition coefficient (Wildman–Crippen LogP) is 3.75. The highest BCUT2D eigenvalue weighted by atomic mass is 32.1. The average molecular weight is 372 g/mol. The molecule has 0 unspecified atom stereocenters. The second-order valence-electron chi connectivity index (χ2n) is 6.52. The van der Waals surface area contributed by atoms with Crippen LogP contribution in [0.4, 0.5) is 10.8 Å². The van der Waals surface area contributed by atoms with E-state index < -0.39 is 0 Å². The van der Waals surface area contributed by atoms with Crippen molar-refractivity contribution in [3.63, 3.8) is 0 Å². The fourth-order valence-corrected chi connectivity index (χ4v) is 3.85. The Morgan fingerprint density at radius 1 is 1.27 bits per heavy atom. The Bertz CT molecular complexity index is 772. The minimum Gasteiger partial charge on any atom is -0.312 e. The van der Waals surface area contributed by atoms with Gasteiger partial charge in [0.25, 0.3) is 0 Å². The van der Waals surface area contributed by atoms with Gasteiger partial charge in [-0.1, -0.05) is 43.7 Å². The fourth-order valence-electron chi connectivity index (χ4n) is 3.00. The van der Waals surface area contributed by atoms with Gasteiger partial charge in [0.1, 0.15) is 5.01 Å². The molecule has 1 fully saturated rings. The molecule has 1 saturated heterocycles. The van der Waals surface area contributed by atoms with Gasteiger partial charge < -0.3 is 10.2 Å². The number of hydrogen-bond acceptors (Lipinski definition) is 5. The van der Waals surface area contributed by atoms with Gasteiger partial charge in [-0.15, -0.1) is 10.2 Å². The number of benzene rings is 1. The summed E-state index contributed by atoms with van der Waals surface area (Å²) < 4.78 is 0. The number of carbonyl (C=O) groups is 2. The fraction of sp³-hybridized carbons (Fsp3) is 0.474. The van der Waals surface area contributed by atoms with E-state index in [1.165, 1.54) is 16.9 Å². The third-order valence-electron chi connectivity index (χ3n) is 4.57. The molecule has 1 aromatic heterocycles. The number of unbranched alkanes of at least 4 members (excludes halogenated alkanes) is 1. The van der Waals surface area contributed by atoms with Gasteiger partial charge in [-0.2, -0.15) is 0 Å². The summed E-state index contributed by atoms with van der Waals surface area (Å²) in [5, 5.41) is 12.4. The molecule has 1 N–H and O–H groups in total. The smallest absolute Gasteiger partial charge is 0.227 e. The highest BCUT2D eigenvalue weighted by molar-refractivity contribution is 7.15. The molecule has 1 aliphatic rings. The number of nitrogens with zero attached hydrogens (tertiary/aromatic N) is 3. The topological polar surface area (TPSA) is 75.2 Å². The third kappa shape index (κ3) is 4.27. The third-order valence-corrected chi connectivity index (χ3v) is 5.58. The minimum atomic E-state index is -0.0327. The van der Waals surface area contributed by atoms with E-state index in [1.54, 1.807) is 0 Å². The summed E-state index contributed by atoms with van der Waals surface area (Å²) >= 11 is 1.36. The molecule has 26 heavy (non-hydrogen) atoms. The molecule has 3 rings (SSSR count). The first-order chi connectivity index (χ1) is 12.6. The quantitative estimate of drug-likeness (QED) is 0.803. The number of anilines is 2. The average Bonchev–Trinajstić information content (AvgIpc) is 3.26. The summed E-state index contributed by atoms with van der Waals surface area (Å²) in [6.07, 6.45) is 3.74. The Balaban J connectivity index is 1.64. The second kappa shape index (κ2) is 8.40. The van der Waals surface area contributed by atoms with Crippen molar-refractivity contribution >= 4 is 34.0 Å². The Kier molecular flexibility index (Phi) is 5.98. The zero-order chi connectivity index (χ0) is 18.5. The van der Waals surface area contributed by atoms with Crippen LogP contribution >= 0.6 is 11.3 Å². The molecular formula is C19H24N4O2S. The summed E-state index contributed by atoms with van der Waals surface area (Å²) in [6, 6.07) is 8.12. The van der Waals surface area contributed by atoms with Crippen LogP contribution in [0, 0.1) is 0 Å². The van der Waals surface area contributed by atoms with Crippen LogP contribution in [0.1, 0.15) is 56.0 Å². The number of amides is 2. The molecule has 138 valence electrons. The van der Waals surface area contributed by atoms with Crippen LogP contribution in [0.5, 0.6) is 0 Å². The Morgan fingerprint density at radius 3 is 2.73 bits per heavy atom. The van der Waals surface area contributed by atoms with E-state index in [9.17, 15) is 9.59 Å². The molecule has 2 amide bonds. The van der Waals surface area contributed by atoms with Crippen molar-refractivity contribution in [2.45, 2.75) is 51.9 Å². The molecule has 0 bridgehead atoms. The van der Waals surface area contributed by atoms with E-state index in [1.807, 2.05) is 17.0 Å². The normalized spacial score (nSPS) is 16.9. The van der Waals surface area contributed by atoms with Crippen LogP contribution in [0.3, 0.4) is 0 Å². The maximum Gasteiger partial charge on any atom is 0.227 e. The first kappa shape index (κ1) is 18.5. The predicted molar refractivity (Wildman–Crippen MR) is 104 cm³/mol. The highest BCUT2D eigenvalue weighted by Gasteiger charge is 2.33. The highest BCUT2D eigenvalue weighted by Crippen LogP contribution is 2.34. The SMILES string of the molecule is CCCCC(=O)Nc1nnc([C@@H]2CC(=O)N(c3ccc(CC)cc3)C2)s1. The minimum absolute atomic E-state index is 0.0205. The Hall–Kier alpha value is -2.28. The monoisotopic (exact) mass is 372 g/mol. The first-order valence-corrected chi connectivity index (χ1v) is 9.95. The molecular weight excluding hydrogens is 348 g/mol. The zero-order valence-corrected chi connectivity index (χ0v) is 16.0. The lowest BCUT2D eigenvalue weighted by atomic mass is 10.1. The van der Waals surface area contributed by atoms with E-state index in [-0.39, 0.29) is 17.7 Å². The standard InChI is InChI=1S/C19H24N4O2S/c1-3-5-6-16(24)20-19-22-21-18(26-19)14-11-17(25)23(12-14)15-9-7-13(4-2)8-10-15/h7-10,14H,3-6,11-12H2,1-2H3,(H,20,22,24)/t14-/m1/s1. The van der Waals surface area contributed by atoms with E-state index in [2.05, 4.69) is 41.5 Å². The number of rotatable bonds is 7. The van der Waals surface area contributed by atoms with E-state index >= 15 is 0 Å². The van der Waals surface area contributed by atoms with Crippen LogP contribution in [0.25, 0.3) is 0 Å². The van der Waals surface area contributed by atoms with Crippen LogP contribution in [-0.2, 0) is 16.0 Å². The summed E-state index contributed by atoms with van der Waals surface area (Å²) in [5.74, 6) is 0.0878. The molecule has 0 radical (unpaired) electrons. The summed E-state index contributed by atoms with van der Waals surface area (Å²) in [5.41, 5.74) is 2.18. The number of hydrogen-bond donors (Lipinski definition) is 1. The van der Waals surface area contributed by atoms with Gasteiger partial charge in [0.2, 0.25) is 16.9 Å².